The summed E-state index contributed by atoms with van der Waals surface area (Å²) in [5, 5.41) is 72.3. The molecule has 134 heavy (non-hydrogen) atoms. The third-order valence-corrected chi connectivity index (χ3v) is 33.3. The highest BCUT2D eigenvalue weighted by Gasteiger charge is 2.67. The Hall–Kier alpha value is -13.9. The largest absolute Gasteiger partial charge is 0.390 e. The Balaban J connectivity index is 0.0000000955. The average molecular weight is 1800 g/mol. The van der Waals surface area contributed by atoms with E-state index < -0.39 is 22.8 Å². The van der Waals surface area contributed by atoms with Gasteiger partial charge in [-0.25, -0.2) is 66.7 Å². The second-order valence-electron chi connectivity index (χ2n) is 42.4. The number of nitrogens with zero attached hydrogens (tertiary/aromatic N) is 30. The number of nitrogens with one attached hydrogen (secondary N) is 4. The zero-order chi connectivity index (χ0) is 91.6. The maximum Gasteiger partial charge on any atom is 0.229 e. The normalized spacial score (nSPS) is 31.7. The summed E-state index contributed by atoms with van der Waals surface area (Å²) in [6, 6.07) is 12.1. The van der Waals surface area contributed by atoms with Crippen molar-refractivity contribution in [2.45, 2.75) is 201 Å². The number of hydrogen-bond donors (Lipinski definition) is 6. The highest BCUT2D eigenvalue weighted by atomic mass is 19.1. The van der Waals surface area contributed by atoms with Gasteiger partial charge in [0, 0.05) is 40.3 Å². The van der Waals surface area contributed by atoms with Crippen molar-refractivity contribution in [3.8, 4) is 12.1 Å². The molecule has 0 saturated heterocycles. The van der Waals surface area contributed by atoms with Gasteiger partial charge in [0.1, 0.15) is 71.3 Å². The van der Waals surface area contributed by atoms with E-state index in [1.165, 1.54) is 71.9 Å². The van der Waals surface area contributed by atoms with Crippen molar-refractivity contribution in [3.63, 3.8) is 0 Å². The van der Waals surface area contributed by atoms with Gasteiger partial charge in [-0.05, 0) is 239 Å². The summed E-state index contributed by atoms with van der Waals surface area (Å²) in [5.41, 5.74) is 8.17. The lowest BCUT2D eigenvalue weighted by Gasteiger charge is -2.62. The molecule has 16 aliphatic carbocycles. The van der Waals surface area contributed by atoms with Crippen molar-refractivity contribution in [3.05, 3.63) is 172 Å². The topological polar surface area (TPSA) is 386 Å². The van der Waals surface area contributed by atoms with Crippen LogP contribution in [0.1, 0.15) is 165 Å². The van der Waals surface area contributed by atoms with Crippen LogP contribution >= 0.6 is 0 Å². The van der Waals surface area contributed by atoms with Gasteiger partial charge < -0.3 is 70.7 Å². The number of pyridine rings is 4. The average Bonchev–Trinajstić information content (AvgIpc) is 1.52. The van der Waals surface area contributed by atoms with Crippen molar-refractivity contribution in [2.24, 2.45) is 58.2 Å². The van der Waals surface area contributed by atoms with Crippen LogP contribution in [0.5, 0.6) is 0 Å². The second kappa shape index (κ2) is 28.8. The molecule has 16 bridgehead atoms. The van der Waals surface area contributed by atoms with Gasteiger partial charge in [0.2, 0.25) is 23.8 Å². The maximum absolute atomic E-state index is 14.7. The molecule has 16 saturated carbocycles. The van der Waals surface area contributed by atoms with E-state index in [1.54, 1.807) is 34.1 Å². The number of nitriles is 2. The molecular formula is C96H104F2N34O2. The van der Waals surface area contributed by atoms with Gasteiger partial charge >= 0.3 is 0 Å². The van der Waals surface area contributed by atoms with E-state index in [2.05, 4.69) is 149 Å². The molecule has 8 atom stereocenters. The van der Waals surface area contributed by atoms with Gasteiger partial charge in [-0.3, -0.25) is 0 Å². The molecule has 36 nitrogen and oxygen atoms in total. The minimum atomic E-state index is -0.601. The fourth-order valence-corrected chi connectivity index (χ4v) is 29.5. The minimum absolute atomic E-state index is 0.0996. The van der Waals surface area contributed by atoms with Crippen molar-refractivity contribution in [2.75, 3.05) is 88.7 Å². The van der Waals surface area contributed by atoms with E-state index in [4.69, 9.17) is 19.9 Å². The molecule has 0 spiro atoms. The maximum atomic E-state index is 14.7. The van der Waals surface area contributed by atoms with E-state index in [0.29, 0.717) is 82.4 Å². The molecule has 16 heterocycles. The van der Waals surface area contributed by atoms with E-state index in [1.807, 2.05) is 88.8 Å². The molecule has 6 N–H and O–H groups in total. The molecule has 16 fully saturated rings. The van der Waals surface area contributed by atoms with Gasteiger partial charge in [0.15, 0.2) is 57.5 Å². The first-order valence-electron chi connectivity index (χ1n) is 46.8. The first-order valence-corrected chi connectivity index (χ1v) is 46.8. The fourth-order valence-electron chi connectivity index (χ4n) is 29.5. The smallest absolute Gasteiger partial charge is 0.229 e. The fraction of sp³-hybridized carbons (Fsp3) is 0.479. The summed E-state index contributed by atoms with van der Waals surface area (Å²) in [5.74, 6) is 12.1. The Bertz CT molecular complexity index is 6630. The van der Waals surface area contributed by atoms with E-state index >= 15 is 0 Å². The Morgan fingerprint density at radius 3 is 0.866 bits per heavy atom. The number of hydrogen-bond acceptors (Lipinski definition) is 32. The first kappa shape index (κ1) is 82.1. The molecule has 684 valence electrons. The molecule has 32 rings (SSSR count). The van der Waals surface area contributed by atoms with Crippen LogP contribution in [0.3, 0.4) is 0 Å². The van der Waals surface area contributed by atoms with Crippen LogP contribution in [0.4, 0.5) is 101 Å². The standard InChI is InChI=1S/C25H27N9.C24H24FN9.C24H28N8O.C23H25FN8O/c1-15-4-21-28-14-29-33(21)11-19(15)30-23-27-10-20-22(31-23)34(16(2)32(20)3)25-8-17-5-18(9-25)7-24(6-17,12-25)13-26;1-14-32(2)19-9-27-22(30-18-10-33-20(4-17(18)25)28-13-29-33)31-21(19)34(14)24-7-15-3-16(8-24)6-23(5-15,11-24)12-26;1-14-4-20-26-13-27-31(20)11-18(14)28-22-25-10-19-21(29-22)32(15(2)30(19)3)23-6-16-5-17(7-23)9-24(33,8-16)12-23;1-13-30(2)18-9-25-21(28-17-10-31-19(4-16(17)24)26-12-27-31)29-20(18)32(13)22-5-14-3-15(6-22)8-23(33,7-14)11-22/h4,10-11,14,17-18H,2,5-9,12H2,1,3H3,(H,27,30,31);4,9-10,13,15-16H,1,3,5-8,11H2,2H3,(H,27,30,31);4,10-11,13,16-17,33H,2,5-9,12H2,1,3H3,(H,25,28,29);4,9-10,12,14-15,33H,1,3,5-8,11H2,2H3,(H,25,28,29). The molecule has 12 aromatic heterocycles. The van der Waals surface area contributed by atoms with Crippen LogP contribution in [0.15, 0.2) is 149 Å². The number of fused-ring (bicyclic) bond motifs is 8. The molecule has 38 heteroatoms. The predicted octanol–water partition coefficient (Wildman–Crippen LogP) is 14.7. The first-order chi connectivity index (χ1) is 64.4. The van der Waals surface area contributed by atoms with Crippen LogP contribution in [0.25, 0.3) is 22.6 Å². The van der Waals surface area contributed by atoms with Crippen LogP contribution in [-0.2, 0) is 0 Å². The Morgan fingerprint density at radius 2 is 0.597 bits per heavy atom. The lowest BCUT2D eigenvalue weighted by molar-refractivity contribution is -0.133. The minimum Gasteiger partial charge on any atom is -0.390 e. The van der Waals surface area contributed by atoms with Crippen LogP contribution in [-0.4, -0.2) is 170 Å². The molecule has 20 aliphatic rings. The van der Waals surface area contributed by atoms with Crippen LogP contribution in [0.2, 0.25) is 0 Å². The summed E-state index contributed by atoms with van der Waals surface area (Å²) in [6.07, 6.45) is 44.5. The van der Waals surface area contributed by atoms with Gasteiger partial charge in [-0.1, -0.05) is 26.3 Å². The van der Waals surface area contributed by atoms with Crippen LogP contribution in [0, 0.1) is 106 Å². The number of rotatable bonds is 12. The Kier molecular flexibility index (Phi) is 17.7. The lowest BCUT2D eigenvalue weighted by atomic mass is 9.47. The third-order valence-electron chi connectivity index (χ3n) is 33.3. The van der Waals surface area contributed by atoms with Crippen LogP contribution < -0.4 is 60.5 Å². The lowest BCUT2D eigenvalue weighted by Crippen LogP contribution is -2.65. The highest BCUT2D eigenvalue weighted by Crippen LogP contribution is 2.69. The molecule has 4 aliphatic heterocycles. The Morgan fingerprint density at radius 1 is 0.351 bits per heavy atom. The number of halogens is 2. The van der Waals surface area contributed by atoms with E-state index in [-0.39, 0.29) is 44.4 Å². The summed E-state index contributed by atoms with van der Waals surface area (Å²) >= 11 is 0. The number of aliphatic hydroxyl groups is 2. The Labute approximate surface area is 770 Å². The number of anilines is 16. The molecular weight excluding hydrogens is 1700 g/mol. The van der Waals surface area contributed by atoms with Crippen molar-refractivity contribution >= 4 is 115 Å². The number of aromatic nitrogens is 20. The van der Waals surface area contributed by atoms with Gasteiger partial charge in [0.05, 0.1) is 129 Å². The van der Waals surface area contributed by atoms with Gasteiger partial charge in [-0.15, -0.1) is 0 Å². The summed E-state index contributed by atoms with van der Waals surface area (Å²) in [7, 11) is 7.98. The van der Waals surface area contributed by atoms with Crippen molar-refractivity contribution in [1.82, 2.24) is 98.3 Å². The third kappa shape index (κ3) is 12.8. The highest BCUT2D eigenvalue weighted by molar-refractivity contribution is 5.85. The molecule has 8 unspecified atom stereocenters. The molecule has 12 aromatic rings. The molecule has 0 amide bonds. The molecule has 0 radical (unpaired) electrons. The monoisotopic (exact) mass is 1800 g/mol. The number of aryl methyl sites for hydroxylation is 2. The second-order valence-corrected chi connectivity index (χ2v) is 42.4. The zero-order valence-corrected chi connectivity index (χ0v) is 75.7. The van der Waals surface area contributed by atoms with Gasteiger partial charge in [-0.2, -0.15) is 50.9 Å². The van der Waals surface area contributed by atoms with E-state index in [9.17, 15) is 29.5 Å². The summed E-state index contributed by atoms with van der Waals surface area (Å²) in [6.45, 7) is 21.7. The van der Waals surface area contributed by atoms with E-state index in [0.717, 1.165) is 232 Å². The zero-order valence-electron chi connectivity index (χ0n) is 75.7. The quantitative estimate of drug-likeness (QED) is 0.0661. The summed E-state index contributed by atoms with van der Waals surface area (Å²) in [4.78, 5) is 71.7. The predicted molar refractivity (Wildman–Crippen MR) is 498 cm³/mol. The molecule has 0 aromatic carbocycles. The SMILES string of the molecule is C=C1N(C)c2cnc(Nc3cn4ncnc4cc3C)nc2N1C12CC3CC(CC(C#N)(C3)C1)C2.C=C1N(C)c2cnc(Nc3cn4ncnc4cc3C)nc2N1C12CC3CC(CC(O)(C3)C1)C2.C=C1N(C)c2cnc(Nc3cn4ncnc4cc3F)nc2N1C12CC3CC(CC(C#N)(C3)C1)C2.C=C1N(C)c2cnc(Nc3cn4ncnc4cc3F)nc2N1C12CC3CC(CC(O)(C3)C1)C2. The summed E-state index contributed by atoms with van der Waals surface area (Å²) < 4.78 is 35.8. The van der Waals surface area contributed by atoms with Crippen molar-refractivity contribution in [1.29, 1.82) is 10.5 Å². The van der Waals surface area contributed by atoms with Crippen molar-refractivity contribution < 1.29 is 19.0 Å². The van der Waals surface area contributed by atoms with Gasteiger partial charge in [0.25, 0.3) is 0 Å².